The summed E-state index contributed by atoms with van der Waals surface area (Å²) >= 11 is 4.96. The Morgan fingerprint density at radius 2 is 2.33 bits per heavy atom. The summed E-state index contributed by atoms with van der Waals surface area (Å²) < 4.78 is 5.75. The van der Waals surface area contributed by atoms with Crippen LogP contribution in [0.15, 0.2) is 24.3 Å². The summed E-state index contributed by atoms with van der Waals surface area (Å²) in [6.45, 7) is 4.15. The summed E-state index contributed by atoms with van der Waals surface area (Å²) in [6, 6.07) is 7.59. The molecular weight excluding hydrogens is 284 g/mol. The van der Waals surface area contributed by atoms with Gasteiger partial charge in [0.05, 0.1) is 6.61 Å². The lowest BCUT2D eigenvalue weighted by Gasteiger charge is -2.31. The van der Waals surface area contributed by atoms with Crippen molar-refractivity contribution in [2.24, 2.45) is 11.7 Å². The van der Waals surface area contributed by atoms with Crippen molar-refractivity contribution in [2.45, 2.75) is 19.3 Å². The molecule has 0 saturated carbocycles. The third kappa shape index (κ3) is 5.26. The Labute approximate surface area is 131 Å². The van der Waals surface area contributed by atoms with E-state index >= 15 is 0 Å². The van der Waals surface area contributed by atoms with Gasteiger partial charge in [-0.05, 0) is 43.9 Å². The smallest absolute Gasteiger partial charge is 0.119 e. The van der Waals surface area contributed by atoms with Crippen LogP contribution in [0.5, 0.6) is 5.75 Å². The fourth-order valence-electron chi connectivity index (χ4n) is 2.72. The quantitative estimate of drug-likeness (QED) is 0.594. The van der Waals surface area contributed by atoms with Gasteiger partial charge < -0.3 is 20.5 Å². The average molecular weight is 308 g/mol. The molecule has 0 bridgehead atoms. The maximum atomic E-state index is 9.23. The number of hydrogen-bond acceptors (Lipinski definition) is 4. The van der Waals surface area contributed by atoms with E-state index in [4.69, 9.17) is 22.7 Å². The number of likely N-dealkylation sites (tertiary alicyclic amines) is 1. The molecule has 1 saturated heterocycles. The van der Waals surface area contributed by atoms with Crippen LogP contribution in [0.2, 0.25) is 0 Å². The molecule has 1 fully saturated rings. The predicted octanol–water partition coefficient (Wildman–Crippen LogP) is 1.79. The van der Waals surface area contributed by atoms with Gasteiger partial charge in [0.2, 0.25) is 0 Å². The molecular formula is C16H24N2O2S. The highest BCUT2D eigenvalue weighted by molar-refractivity contribution is 7.80. The molecule has 1 unspecified atom stereocenters. The number of benzene rings is 1. The molecule has 0 spiro atoms. The fraction of sp³-hybridized carbons (Fsp3) is 0.562. The van der Waals surface area contributed by atoms with E-state index in [1.165, 1.54) is 6.42 Å². The minimum absolute atomic E-state index is 0.304. The summed E-state index contributed by atoms with van der Waals surface area (Å²) in [7, 11) is 0. The van der Waals surface area contributed by atoms with Crippen molar-refractivity contribution >= 4 is 17.2 Å². The summed E-state index contributed by atoms with van der Waals surface area (Å²) in [4.78, 5) is 2.81. The van der Waals surface area contributed by atoms with Gasteiger partial charge in [-0.2, -0.15) is 0 Å². The van der Waals surface area contributed by atoms with Gasteiger partial charge in [-0.3, -0.25) is 0 Å². The van der Waals surface area contributed by atoms with E-state index in [2.05, 4.69) is 4.90 Å². The molecule has 116 valence electrons. The molecule has 1 aliphatic heterocycles. The number of nitrogens with zero attached hydrogens (tertiary/aromatic N) is 1. The summed E-state index contributed by atoms with van der Waals surface area (Å²) in [6.07, 6.45) is 3.31. The SMILES string of the molecule is NC(=S)c1cccc(OCCCN2CCCC(CO)C2)c1. The van der Waals surface area contributed by atoms with Gasteiger partial charge in [0.1, 0.15) is 10.7 Å². The van der Waals surface area contributed by atoms with E-state index in [1.807, 2.05) is 24.3 Å². The van der Waals surface area contributed by atoms with Gasteiger partial charge in [-0.15, -0.1) is 0 Å². The molecule has 1 aromatic rings. The molecule has 1 aliphatic rings. The second kappa shape index (κ2) is 8.32. The van der Waals surface area contributed by atoms with E-state index in [-0.39, 0.29) is 0 Å². The second-order valence-corrected chi connectivity index (χ2v) is 6.03. The van der Waals surface area contributed by atoms with Gasteiger partial charge in [0, 0.05) is 25.3 Å². The van der Waals surface area contributed by atoms with Crippen LogP contribution in [0.4, 0.5) is 0 Å². The molecule has 1 heterocycles. The number of ether oxygens (including phenoxy) is 1. The summed E-state index contributed by atoms with van der Waals surface area (Å²) in [5.41, 5.74) is 6.45. The lowest BCUT2D eigenvalue weighted by atomic mass is 9.99. The van der Waals surface area contributed by atoms with Gasteiger partial charge >= 0.3 is 0 Å². The van der Waals surface area contributed by atoms with Crippen molar-refractivity contribution in [1.82, 2.24) is 4.90 Å². The van der Waals surface area contributed by atoms with Gasteiger partial charge in [-0.1, -0.05) is 24.4 Å². The van der Waals surface area contributed by atoms with Crippen molar-refractivity contribution < 1.29 is 9.84 Å². The van der Waals surface area contributed by atoms with Crippen molar-refractivity contribution in [3.05, 3.63) is 29.8 Å². The molecule has 0 radical (unpaired) electrons. The molecule has 0 amide bonds. The summed E-state index contributed by atoms with van der Waals surface area (Å²) in [5.74, 6) is 1.26. The monoisotopic (exact) mass is 308 g/mol. The topological polar surface area (TPSA) is 58.7 Å². The zero-order valence-electron chi connectivity index (χ0n) is 12.3. The van der Waals surface area contributed by atoms with Crippen LogP contribution in [0.3, 0.4) is 0 Å². The highest BCUT2D eigenvalue weighted by Gasteiger charge is 2.18. The minimum atomic E-state index is 0.304. The van der Waals surface area contributed by atoms with E-state index < -0.39 is 0 Å². The first-order valence-corrected chi connectivity index (χ1v) is 7.95. The average Bonchev–Trinajstić information content (AvgIpc) is 2.52. The number of aliphatic hydroxyl groups is 1. The lowest BCUT2D eigenvalue weighted by Crippen LogP contribution is -2.37. The zero-order chi connectivity index (χ0) is 15.1. The van der Waals surface area contributed by atoms with E-state index in [0.717, 1.165) is 43.8 Å². The molecule has 1 aromatic carbocycles. The van der Waals surface area contributed by atoms with Gasteiger partial charge in [0.15, 0.2) is 0 Å². The molecule has 4 nitrogen and oxygen atoms in total. The Hall–Kier alpha value is -1.17. The second-order valence-electron chi connectivity index (χ2n) is 5.59. The first kappa shape index (κ1) is 16.2. The number of thiocarbonyl (C=S) groups is 1. The molecule has 3 N–H and O–H groups in total. The maximum absolute atomic E-state index is 9.23. The number of rotatable bonds is 7. The Morgan fingerprint density at radius 3 is 3.10 bits per heavy atom. The first-order chi connectivity index (χ1) is 10.2. The number of piperidine rings is 1. The van der Waals surface area contributed by atoms with E-state index in [9.17, 15) is 5.11 Å². The van der Waals surface area contributed by atoms with Crippen LogP contribution < -0.4 is 10.5 Å². The van der Waals surface area contributed by atoms with Crippen molar-refractivity contribution in [1.29, 1.82) is 0 Å². The van der Waals surface area contributed by atoms with Crippen LogP contribution in [-0.2, 0) is 0 Å². The fourth-order valence-corrected chi connectivity index (χ4v) is 2.85. The standard InChI is InChI=1S/C16H24N2O2S/c17-16(21)14-5-1-6-15(10-14)20-9-3-8-18-7-2-4-13(11-18)12-19/h1,5-6,10,13,19H,2-4,7-9,11-12H2,(H2,17,21). The van der Waals surface area contributed by atoms with Crippen molar-refractivity contribution in [3.63, 3.8) is 0 Å². The predicted molar refractivity (Wildman–Crippen MR) is 88.7 cm³/mol. The van der Waals surface area contributed by atoms with Crippen molar-refractivity contribution in [3.8, 4) is 5.75 Å². The molecule has 0 aliphatic carbocycles. The third-order valence-electron chi connectivity index (χ3n) is 3.87. The zero-order valence-corrected chi connectivity index (χ0v) is 13.1. The maximum Gasteiger partial charge on any atom is 0.119 e. The molecule has 2 rings (SSSR count). The Bertz CT molecular complexity index is 467. The molecule has 1 atom stereocenters. The normalized spacial score (nSPS) is 19.4. The Balaban J connectivity index is 1.70. The molecule has 0 aromatic heterocycles. The van der Waals surface area contributed by atoms with E-state index in [1.54, 1.807) is 0 Å². The highest BCUT2D eigenvalue weighted by atomic mass is 32.1. The number of hydrogen-bond donors (Lipinski definition) is 2. The van der Waals surface area contributed by atoms with E-state index in [0.29, 0.717) is 24.1 Å². The first-order valence-electron chi connectivity index (χ1n) is 7.55. The minimum Gasteiger partial charge on any atom is -0.494 e. The number of aliphatic hydroxyl groups excluding tert-OH is 1. The van der Waals surface area contributed by atoms with Crippen LogP contribution in [0.1, 0.15) is 24.8 Å². The summed E-state index contributed by atoms with van der Waals surface area (Å²) in [5, 5.41) is 9.23. The Morgan fingerprint density at radius 1 is 1.48 bits per heavy atom. The largest absolute Gasteiger partial charge is 0.494 e. The highest BCUT2D eigenvalue weighted by Crippen LogP contribution is 2.16. The number of nitrogens with two attached hydrogens (primary N) is 1. The van der Waals surface area contributed by atoms with Crippen LogP contribution in [-0.4, -0.2) is 47.8 Å². The molecule has 21 heavy (non-hydrogen) atoms. The van der Waals surface area contributed by atoms with Gasteiger partial charge in [0.25, 0.3) is 0 Å². The van der Waals surface area contributed by atoms with Crippen LogP contribution in [0.25, 0.3) is 0 Å². The van der Waals surface area contributed by atoms with Crippen LogP contribution >= 0.6 is 12.2 Å². The van der Waals surface area contributed by atoms with Crippen LogP contribution in [0, 0.1) is 5.92 Å². The van der Waals surface area contributed by atoms with Gasteiger partial charge in [-0.25, -0.2) is 0 Å². The molecule has 5 heteroatoms. The van der Waals surface area contributed by atoms with Crippen molar-refractivity contribution in [2.75, 3.05) is 32.8 Å². The Kier molecular flexibility index (Phi) is 6.42. The lowest BCUT2D eigenvalue weighted by molar-refractivity contribution is 0.115. The third-order valence-corrected chi connectivity index (χ3v) is 4.10.